The Labute approximate surface area is 216 Å². The third-order valence-electron chi connectivity index (χ3n) is 8.68. The van der Waals surface area contributed by atoms with Crippen LogP contribution in [-0.2, 0) is 40.0 Å². The van der Waals surface area contributed by atoms with E-state index < -0.39 is 29.9 Å². The van der Waals surface area contributed by atoms with Gasteiger partial charge in [0.1, 0.15) is 0 Å². The van der Waals surface area contributed by atoms with E-state index in [0.717, 1.165) is 24.8 Å². The summed E-state index contributed by atoms with van der Waals surface area (Å²) in [5.41, 5.74) is 0.0534. The standard InChI is InChI=1S/C27H37NO9/c1-15-4-6-19-16(2)24(34-25-27(19)18(15)10-12-26(3,35-25)36-37-27)33-23(32)9-8-22(31)28-13-11-17-5-7-20(29)21(30)14-17/h5,7,14-16,18-19,24-25,29-30H,4,6,8-13H2,1-3H3,(H,28,31)/t15-,16-,18+,19+,24-,25-,26+,27?/m1/s1. The highest BCUT2D eigenvalue weighted by molar-refractivity contribution is 5.81. The number of fused-ring (bicyclic) bond motifs is 2. The molecule has 1 amide bonds. The molecule has 1 spiro atoms. The molecule has 1 aromatic rings. The highest BCUT2D eigenvalue weighted by Gasteiger charge is 2.69. The molecule has 5 aliphatic rings. The number of hydrogen-bond donors (Lipinski definition) is 3. The minimum absolute atomic E-state index is 0.0112. The molecule has 10 heteroatoms. The first-order valence-corrected chi connectivity index (χ1v) is 13.3. The van der Waals surface area contributed by atoms with Gasteiger partial charge in [-0.2, -0.15) is 0 Å². The van der Waals surface area contributed by atoms with E-state index in [2.05, 4.69) is 12.2 Å². The van der Waals surface area contributed by atoms with Crippen LogP contribution in [0.25, 0.3) is 0 Å². The molecule has 2 bridgehead atoms. The Morgan fingerprint density at radius 3 is 2.68 bits per heavy atom. The molecule has 4 saturated heterocycles. The number of hydrogen-bond acceptors (Lipinski definition) is 9. The lowest BCUT2D eigenvalue weighted by atomic mass is 9.58. The van der Waals surface area contributed by atoms with Crippen LogP contribution in [0.1, 0.15) is 64.9 Å². The van der Waals surface area contributed by atoms with E-state index in [1.165, 1.54) is 12.1 Å². The lowest BCUT2D eigenvalue weighted by molar-refractivity contribution is -0.576. The van der Waals surface area contributed by atoms with Gasteiger partial charge in [0.05, 0.1) is 6.42 Å². The molecule has 4 aliphatic heterocycles. The number of ether oxygens (including phenoxy) is 3. The number of rotatable bonds is 7. The normalized spacial score (nSPS) is 38.4. The lowest BCUT2D eigenvalue weighted by Crippen LogP contribution is -2.70. The molecular weight excluding hydrogens is 482 g/mol. The van der Waals surface area contributed by atoms with Gasteiger partial charge >= 0.3 is 5.97 Å². The van der Waals surface area contributed by atoms with Crippen molar-refractivity contribution in [1.82, 2.24) is 5.32 Å². The van der Waals surface area contributed by atoms with E-state index in [4.69, 9.17) is 24.0 Å². The van der Waals surface area contributed by atoms with Gasteiger partial charge in [-0.25, -0.2) is 9.78 Å². The van der Waals surface area contributed by atoms with Crippen molar-refractivity contribution in [3.8, 4) is 11.5 Å². The lowest BCUT2D eigenvalue weighted by Gasteiger charge is -2.59. The molecule has 1 aliphatic carbocycles. The maximum absolute atomic E-state index is 12.7. The van der Waals surface area contributed by atoms with Crippen LogP contribution >= 0.6 is 0 Å². The van der Waals surface area contributed by atoms with Gasteiger partial charge in [-0.05, 0) is 62.1 Å². The van der Waals surface area contributed by atoms with E-state index in [1.807, 2.05) is 13.8 Å². The van der Waals surface area contributed by atoms with Crippen LogP contribution in [0.4, 0.5) is 0 Å². The van der Waals surface area contributed by atoms with Gasteiger partial charge in [0.2, 0.25) is 18.0 Å². The summed E-state index contributed by atoms with van der Waals surface area (Å²) < 4.78 is 18.3. The Morgan fingerprint density at radius 2 is 1.89 bits per heavy atom. The summed E-state index contributed by atoms with van der Waals surface area (Å²) in [5, 5.41) is 21.7. The maximum atomic E-state index is 12.7. The molecule has 4 heterocycles. The van der Waals surface area contributed by atoms with Crippen LogP contribution in [0.5, 0.6) is 11.5 Å². The first kappa shape index (κ1) is 26.2. The topological polar surface area (TPSA) is 133 Å². The molecule has 37 heavy (non-hydrogen) atoms. The zero-order valence-electron chi connectivity index (χ0n) is 21.6. The zero-order chi connectivity index (χ0) is 26.4. The number of carbonyl (C=O) groups excluding carboxylic acids is 2. The Bertz CT molecular complexity index is 1030. The molecule has 10 nitrogen and oxygen atoms in total. The molecular formula is C27H37NO9. The van der Waals surface area contributed by atoms with Gasteiger partial charge in [0.25, 0.3) is 0 Å². The van der Waals surface area contributed by atoms with E-state index >= 15 is 0 Å². The summed E-state index contributed by atoms with van der Waals surface area (Å²) in [6, 6.07) is 4.52. The monoisotopic (exact) mass is 519 g/mol. The summed E-state index contributed by atoms with van der Waals surface area (Å²) in [6.07, 6.45) is 2.50. The first-order valence-electron chi connectivity index (χ1n) is 13.3. The molecule has 1 unspecified atom stereocenters. The predicted molar refractivity (Wildman–Crippen MR) is 129 cm³/mol. The molecule has 0 radical (unpaired) electrons. The molecule has 3 N–H and O–H groups in total. The van der Waals surface area contributed by atoms with Crippen LogP contribution in [0.3, 0.4) is 0 Å². The fourth-order valence-electron chi connectivity index (χ4n) is 6.57. The Balaban J connectivity index is 1.14. The average molecular weight is 520 g/mol. The van der Waals surface area contributed by atoms with Gasteiger partial charge in [0.15, 0.2) is 23.4 Å². The summed E-state index contributed by atoms with van der Waals surface area (Å²) in [4.78, 5) is 36.8. The van der Waals surface area contributed by atoms with Crippen molar-refractivity contribution < 1.29 is 43.8 Å². The van der Waals surface area contributed by atoms with Gasteiger partial charge in [0, 0.05) is 31.2 Å². The van der Waals surface area contributed by atoms with E-state index in [-0.39, 0.29) is 48.0 Å². The number of amides is 1. The number of phenols is 2. The molecule has 0 aromatic heterocycles. The second kappa shape index (κ2) is 10.1. The number of aromatic hydroxyl groups is 2. The van der Waals surface area contributed by atoms with Gasteiger partial charge in [-0.15, -0.1) is 0 Å². The molecule has 5 fully saturated rings. The highest BCUT2D eigenvalue weighted by Crippen LogP contribution is 2.60. The van der Waals surface area contributed by atoms with Crippen molar-refractivity contribution in [3.05, 3.63) is 23.8 Å². The van der Waals surface area contributed by atoms with Crippen molar-refractivity contribution in [2.45, 2.75) is 89.7 Å². The first-order chi connectivity index (χ1) is 17.6. The number of nitrogens with one attached hydrogen (secondary N) is 1. The Hall–Kier alpha value is -2.40. The molecule has 1 saturated carbocycles. The van der Waals surface area contributed by atoms with Crippen LogP contribution in [0.2, 0.25) is 0 Å². The molecule has 8 atom stereocenters. The Kier molecular flexibility index (Phi) is 7.12. The van der Waals surface area contributed by atoms with Crippen molar-refractivity contribution in [2.24, 2.45) is 23.7 Å². The fraction of sp³-hybridized carbons (Fsp3) is 0.704. The fourth-order valence-corrected chi connectivity index (χ4v) is 6.57. The minimum Gasteiger partial charge on any atom is -0.504 e. The number of benzene rings is 1. The summed E-state index contributed by atoms with van der Waals surface area (Å²) in [5.74, 6) is -1.47. The molecule has 1 aromatic carbocycles. The summed E-state index contributed by atoms with van der Waals surface area (Å²) in [6.45, 7) is 6.44. The Morgan fingerprint density at radius 1 is 1.08 bits per heavy atom. The van der Waals surface area contributed by atoms with Crippen LogP contribution in [-0.4, -0.2) is 52.6 Å². The second-order valence-corrected chi connectivity index (χ2v) is 11.2. The van der Waals surface area contributed by atoms with Crippen molar-refractivity contribution in [2.75, 3.05) is 6.54 Å². The molecule has 6 rings (SSSR count). The molecule has 204 valence electrons. The minimum atomic E-state index is -0.899. The predicted octanol–water partition coefficient (Wildman–Crippen LogP) is 3.29. The number of carbonyl (C=O) groups is 2. The number of phenolic OH excluding ortho intramolecular Hbond substituents is 2. The average Bonchev–Trinajstić information content (AvgIpc) is 3.09. The van der Waals surface area contributed by atoms with E-state index in [9.17, 15) is 19.8 Å². The third kappa shape index (κ3) is 4.92. The summed E-state index contributed by atoms with van der Waals surface area (Å²) >= 11 is 0. The van der Waals surface area contributed by atoms with Gasteiger partial charge in [-0.1, -0.05) is 19.9 Å². The van der Waals surface area contributed by atoms with Crippen molar-refractivity contribution >= 4 is 11.9 Å². The third-order valence-corrected chi connectivity index (χ3v) is 8.68. The highest BCUT2D eigenvalue weighted by atomic mass is 17.3. The van der Waals surface area contributed by atoms with Gasteiger partial charge in [-0.3, -0.25) is 9.59 Å². The van der Waals surface area contributed by atoms with Crippen LogP contribution in [0, 0.1) is 23.7 Å². The quantitative estimate of drug-likeness (QED) is 0.282. The summed E-state index contributed by atoms with van der Waals surface area (Å²) in [7, 11) is 0. The largest absolute Gasteiger partial charge is 0.504 e. The van der Waals surface area contributed by atoms with Gasteiger partial charge < -0.3 is 29.7 Å². The smallest absolute Gasteiger partial charge is 0.308 e. The van der Waals surface area contributed by atoms with Crippen molar-refractivity contribution in [3.63, 3.8) is 0 Å². The van der Waals surface area contributed by atoms with E-state index in [1.54, 1.807) is 6.07 Å². The SMILES string of the molecule is C[C@H]1[C@H](OC(=O)CCC(=O)NCCc2ccc(O)c(O)c2)O[C@@H]2O[C@]3(C)CC[C@H]4[C@H](C)CC[C@@H]1C24OO3. The maximum Gasteiger partial charge on any atom is 0.308 e. The zero-order valence-corrected chi connectivity index (χ0v) is 21.6. The van der Waals surface area contributed by atoms with E-state index in [0.29, 0.717) is 25.3 Å². The van der Waals surface area contributed by atoms with Crippen LogP contribution < -0.4 is 5.32 Å². The second-order valence-electron chi connectivity index (χ2n) is 11.2. The number of esters is 1. The van der Waals surface area contributed by atoms with Crippen molar-refractivity contribution in [1.29, 1.82) is 0 Å². The van der Waals surface area contributed by atoms with Crippen LogP contribution in [0.15, 0.2) is 18.2 Å².